The van der Waals surface area contributed by atoms with Gasteiger partial charge in [-0.3, -0.25) is 9.59 Å². The normalized spacial score (nSPS) is 14.7. The second-order valence-electron chi connectivity index (χ2n) is 7.21. The molecule has 1 aliphatic rings. The summed E-state index contributed by atoms with van der Waals surface area (Å²) in [5, 5.41) is 0.436. The van der Waals surface area contributed by atoms with Crippen molar-refractivity contribution in [1.82, 2.24) is 4.90 Å². The van der Waals surface area contributed by atoms with Crippen molar-refractivity contribution in [3.63, 3.8) is 0 Å². The molecule has 1 fully saturated rings. The molecule has 0 spiro atoms. The second-order valence-corrected chi connectivity index (χ2v) is 8.27. The number of likely N-dealkylation sites (tertiary alicyclic amines) is 1. The van der Waals surface area contributed by atoms with E-state index in [2.05, 4.69) is 0 Å². The summed E-state index contributed by atoms with van der Waals surface area (Å²) in [4.78, 5) is 27.3. The van der Waals surface area contributed by atoms with Gasteiger partial charge in [0.25, 0.3) is 5.91 Å². The highest BCUT2D eigenvalue weighted by molar-refractivity contribution is 7.21. The number of hydrogen-bond acceptors (Lipinski definition) is 5. The summed E-state index contributed by atoms with van der Waals surface area (Å²) in [7, 11) is 1.38. The molecule has 7 heteroatoms. The zero-order valence-corrected chi connectivity index (χ0v) is 17.4. The van der Waals surface area contributed by atoms with Crippen LogP contribution in [0.5, 0.6) is 5.75 Å². The molecule has 0 bridgehead atoms. The highest BCUT2D eigenvalue weighted by Gasteiger charge is 2.31. The average Bonchev–Trinajstić information content (AvgIpc) is 3.17. The Kier molecular flexibility index (Phi) is 5.99. The number of thiophene rings is 1. The van der Waals surface area contributed by atoms with Crippen LogP contribution in [0.3, 0.4) is 0 Å². The molecule has 2 heterocycles. The molecule has 0 saturated carbocycles. The molecule has 156 valence electrons. The summed E-state index contributed by atoms with van der Waals surface area (Å²) in [5.41, 5.74) is 0.567. The SMILES string of the molecule is COC(=O)C1CCN(C(=O)c2sc3cccc(F)c3c2COc2ccccc2)CC1. The molecule has 1 aliphatic heterocycles. The van der Waals surface area contributed by atoms with Crippen LogP contribution in [0.25, 0.3) is 10.1 Å². The molecular formula is C23H22FNO4S. The highest BCUT2D eigenvalue weighted by Crippen LogP contribution is 2.35. The van der Waals surface area contributed by atoms with Gasteiger partial charge in [0.15, 0.2) is 0 Å². The van der Waals surface area contributed by atoms with Gasteiger partial charge in [0.1, 0.15) is 18.2 Å². The van der Waals surface area contributed by atoms with Gasteiger partial charge < -0.3 is 14.4 Å². The van der Waals surface area contributed by atoms with Crippen molar-refractivity contribution >= 4 is 33.3 Å². The number of amides is 1. The monoisotopic (exact) mass is 427 g/mol. The summed E-state index contributed by atoms with van der Waals surface area (Å²) in [6.45, 7) is 1.03. The molecule has 30 heavy (non-hydrogen) atoms. The van der Waals surface area contributed by atoms with E-state index in [0.29, 0.717) is 47.5 Å². The molecule has 5 nitrogen and oxygen atoms in total. The van der Waals surface area contributed by atoms with Crippen molar-refractivity contribution in [3.8, 4) is 5.75 Å². The predicted octanol–water partition coefficient (Wildman–Crippen LogP) is 4.64. The molecule has 4 rings (SSSR count). The van der Waals surface area contributed by atoms with E-state index in [1.165, 1.54) is 24.5 Å². The number of fused-ring (bicyclic) bond motifs is 1. The Hall–Kier alpha value is -2.93. The third-order valence-electron chi connectivity index (χ3n) is 5.40. The Labute approximate surface area is 178 Å². The first-order valence-electron chi connectivity index (χ1n) is 9.83. The molecule has 0 unspecified atom stereocenters. The first-order valence-corrected chi connectivity index (χ1v) is 10.6. The van der Waals surface area contributed by atoms with Gasteiger partial charge in [-0.25, -0.2) is 4.39 Å². The van der Waals surface area contributed by atoms with Gasteiger partial charge in [0.2, 0.25) is 0 Å². The number of ether oxygens (including phenoxy) is 2. The number of benzene rings is 2. The predicted molar refractivity (Wildman–Crippen MR) is 113 cm³/mol. The Bertz CT molecular complexity index is 1060. The summed E-state index contributed by atoms with van der Waals surface area (Å²) in [6, 6.07) is 14.1. The minimum Gasteiger partial charge on any atom is -0.489 e. The van der Waals surface area contributed by atoms with E-state index in [9.17, 15) is 14.0 Å². The van der Waals surface area contributed by atoms with E-state index in [4.69, 9.17) is 9.47 Å². The van der Waals surface area contributed by atoms with Crippen molar-refractivity contribution in [2.24, 2.45) is 5.92 Å². The maximum absolute atomic E-state index is 14.6. The maximum atomic E-state index is 14.6. The second kappa shape index (κ2) is 8.83. The molecule has 1 saturated heterocycles. The lowest BCUT2D eigenvalue weighted by atomic mass is 9.97. The molecule has 0 aliphatic carbocycles. The fourth-order valence-corrected chi connectivity index (χ4v) is 4.97. The van der Waals surface area contributed by atoms with Gasteiger partial charge in [-0.15, -0.1) is 11.3 Å². The van der Waals surface area contributed by atoms with Crippen LogP contribution < -0.4 is 4.74 Å². The number of carbonyl (C=O) groups excluding carboxylic acids is 2. The number of methoxy groups -OCH3 is 1. The number of piperidine rings is 1. The van der Waals surface area contributed by atoms with E-state index in [1.807, 2.05) is 36.4 Å². The molecule has 1 amide bonds. The van der Waals surface area contributed by atoms with E-state index in [-0.39, 0.29) is 30.2 Å². The van der Waals surface area contributed by atoms with Gasteiger partial charge in [0, 0.05) is 28.7 Å². The number of para-hydroxylation sites is 1. The Balaban J connectivity index is 1.61. The summed E-state index contributed by atoms with van der Waals surface area (Å²) in [5.74, 6) is -0.266. The lowest BCUT2D eigenvalue weighted by molar-refractivity contribution is -0.146. The zero-order chi connectivity index (χ0) is 21.1. The number of carbonyl (C=O) groups is 2. The van der Waals surface area contributed by atoms with Gasteiger partial charge in [-0.2, -0.15) is 0 Å². The van der Waals surface area contributed by atoms with Crippen molar-refractivity contribution in [2.75, 3.05) is 20.2 Å². The largest absolute Gasteiger partial charge is 0.489 e. The standard InChI is InChI=1S/C23H22FNO4S/c1-28-23(27)15-10-12-25(13-11-15)22(26)21-17(14-29-16-6-3-2-4-7-16)20-18(24)8-5-9-19(20)30-21/h2-9,15H,10-14H2,1H3. The summed E-state index contributed by atoms with van der Waals surface area (Å²) < 4.78 is 26.0. The molecule has 1 aromatic heterocycles. The number of nitrogens with zero attached hydrogens (tertiary/aromatic N) is 1. The number of esters is 1. The lowest BCUT2D eigenvalue weighted by Gasteiger charge is -2.30. The maximum Gasteiger partial charge on any atom is 0.308 e. The zero-order valence-electron chi connectivity index (χ0n) is 16.6. The number of halogens is 1. The van der Waals surface area contributed by atoms with Gasteiger partial charge in [0.05, 0.1) is 17.9 Å². The Morgan fingerprint density at radius 2 is 1.83 bits per heavy atom. The van der Waals surface area contributed by atoms with E-state index in [0.717, 1.165) is 4.70 Å². The molecule has 3 aromatic rings. The van der Waals surface area contributed by atoms with Crippen LogP contribution in [0.2, 0.25) is 0 Å². The van der Waals surface area contributed by atoms with Crippen LogP contribution in [0.4, 0.5) is 4.39 Å². The van der Waals surface area contributed by atoms with Gasteiger partial charge in [-0.1, -0.05) is 24.3 Å². The quantitative estimate of drug-likeness (QED) is 0.557. The summed E-state index contributed by atoms with van der Waals surface area (Å²) in [6.07, 6.45) is 1.13. The molecular weight excluding hydrogens is 405 g/mol. The first kappa shape index (κ1) is 20.3. The van der Waals surface area contributed by atoms with E-state index in [1.54, 1.807) is 11.0 Å². The van der Waals surface area contributed by atoms with Gasteiger partial charge >= 0.3 is 5.97 Å². The minimum absolute atomic E-state index is 0.102. The number of rotatable bonds is 5. The van der Waals surface area contributed by atoms with Crippen molar-refractivity contribution in [2.45, 2.75) is 19.4 Å². The fraction of sp³-hybridized carbons (Fsp3) is 0.304. The minimum atomic E-state index is -0.362. The lowest BCUT2D eigenvalue weighted by Crippen LogP contribution is -2.40. The van der Waals surface area contributed by atoms with E-state index < -0.39 is 0 Å². The molecule has 2 aromatic carbocycles. The van der Waals surface area contributed by atoms with Crippen molar-refractivity contribution in [3.05, 3.63) is 64.8 Å². The van der Waals surface area contributed by atoms with Crippen LogP contribution in [0.15, 0.2) is 48.5 Å². The number of hydrogen-bond donors (Lipinski definition) is 0. The van der Waals surface area contributed by atoms with Crippen LogP contribution in [-0.4, -0.2) is 37.0 Å². The van der Waals surface area contributed by atoms with Crippen molar-refractivity contribution in [1.29, 1.82) is 0 Å². The molecule has 0 N–H and O–H groups in total. The third-order valence-corrected chi connectivity index (χ3v) is 6.59. The highest BCUT2D eigenvalue weighted by atomic mass is 32.1. The van der Waals surface area contributed by atoms with Crippen LogP contribution in [-0.2, 0) is 16.1 Å². The first-order chi connectivity index (χ1) is 14.6. The van der Waals surface area contributed by atoms with E-state index >= 15 is 0 Å². The van der Waals surface area contributed by atoms with Crippen LogP contribution in [0.1, 0.15) is 28.1 Å². The van der Waals surface area contributed by atoms with Gasteiger partial charge in [-0.05, 0) is 37.1 Å². The topological polar surface area (TPSA) is 55.8 Å². The third kappa shape index (κ3) is 4.03. The molecule has 0 atom stereocenters. The Morgan fingerprint density at radius 3 is 2.53 bits per heavy atom. The molecule has 0 radical (unpaired) electrons. The van der Waals surface area contributed by atoms with Crippen LogP contribution >= 0.6 is 11.3 Å². The Morgan fingerprint density at radius 1 is 1.10 bits per heavy atom. The van der Waals surface area contributed by atoms with Crippen LogP contribution in [0, 0.1) is 11.7 Å². The fourth-order valence-electron chi connectivity index (χ4n) is 3.78. The summed E-state index contributed by atoms with van der Waals surface area (Å²) >= 11 is 1.28. The smallest absolute Gasteiger partial charge is 0.308 e. The average molecular weight is 427 g/mol. The van der Waals surface area contributed by atoms with Crippen molar-refractivity contribution < 1.29 is 23.5 Å².